The molecule has 0 aromatic carbocycles. The summed E-state index contributed by atoms with van der Waals surface area (Å²) in [6.45, 7) is 12.0. The quantitative estimate of drug-likeness (QED) is 0.662. The molecule has 2 atom stereocenters. The summed E-state index contributed by atoms with van der Waals surface area (Å²) in [5.41, 5.74) is 1.11. The minimum Gasteiger partial charge on any atom is -0.355 e. The van der Waals surface area contributed by atoms with E-state index in [1.54, 1.807) is 11.3 Å². The first-order chi connectivity index (χ1) is 11.0. The minimum absolute atomic E-state index is 0.793. The van der Waals surface area contributed by atoms with Crippen LogP contribution in [0.3, 0.4) is 0 Å². The summed E-state index contributed by atoms with van der Waals surface area (Å²) < 4.78 is 0. The lowest BCUT2D eigenvalue weighted by Gasteiger charge is -2.35. The van der Waals surface area contributed by atoms with Crippen molar-refractivity contribution in [3.05, 3.63) is 16.1 Å². The number of hydrogen-bond acceptors (Lipinski definition) is 4. The Balaban J connectivity index is 1.76. The molecule has 130 valence electrons. The molecule has 0 amide bonds. The van der Waals surface area contributed by atoms with E-state index >= 15 is 0 Å². The molecule has 1 fully saturated rings. The van der Waals surface area contributed by atoms with Gasteiger partial charge in [0.2, 0.25) is 0 Å². The van der Waals surface area contributed by atoms with Crippen LogP contribution < -0.4 is 5.32 Å². The van der Waals surface area contributed by atoms with Gasteiger partial charge in [0.25, 0.3) is 0 Å². The summed E-state index contributed by atoms with van der Waals surface area (Å²) in [5.74, 6) is 2.57. The number of aliphatic imine (C=N–C) groups is 1. The maximum absolute atomic E-state index is 4.52. The molecule has 1 aromatic heterocycles. The maximum Gasteiger partial charge on any atom is 0.193 e. The molecule has 6 heteroatoms. The Morgan fingerprint density at radius 2 is 2.13 bits per heavy atom. The van der Waals surface area contributed by atoms with Gasteiger partial charge in [-0.2, -0.15) is 0 Å². The molecule has 2 rings (SSSR count). The highest BCUT2D eigenvalue weighted by molar-refractivity contribution is 7.09. The number of guanidine groups is 1. The van der Waals surface area contributed by atoms with Crippen LogP contribution in [0.1, 0.15) is 31.0 Å². The molecule has 0 bridgehead atoms. The van der Waals surface area contributed by atoms with E-state index in [0.29, 0.717) is 0 Å². The summed E-state index contributed by atoms with van der Waals surface area (Å²) in [4.78, 5) is 13.6. The van der Waals surface area contributed by atoms with Gasteiger partial charge in [0.1, 0.15) is 0 Å². The van der Waals surface area contributed by atoms with E-state index in [4.69, 9.17) is 0 Å². The highest BCUT2D eigenvalue weighted by atomic mass is 32.1. The second-order valence-electron chi connectivity index (χ2n) is 6.89. The van der Waals surface area contributed by atoms with Gasteiger partial charge < -0.3 is 15.1 Å². The average molecular weight is 338 g/mol. The first-order valence-electron chi connectivity index (χ1n) is 8.53. The second-order valence-corrected chi connectivity index (χ2v) is 7.96. The van der Waals surface area contributed by atoms with E-state index in [1.165, 1.54) is 19.5 Å². The third-order valence-electron chi connectivity index (χ3n) is 4.29. The molecular formula is C17H31N5S. The molecule has 1 aliphatic rings. The Labute approximate surface area is 144 Å². The highest BCUT2D eigenvalue weighted by Crippen LogP contribution is 2.20. The smallest absolute Gasteiger partial charge is 0.193 e. The SMILES string of the molecule is CN=C(NCCN1CC(C)CC(C)C1)N(C)Cc1csc(C)n1. The molecule has 23 heavy (non-hydrogen) atoms. The van der Waals surface area contributed by atoms with Crippen molar-refractivity contribution in [1.82, 2.24) is 20.1 Å². The molecule has 0 saturated carbocycles. The largest absolute Gasteiger partial charge is 0.355 e. The predicted octanol–water partition coefficient (Wildman–Crippen LogP) is 2.44. The first-order valence-corrected chi connectivity index (χ1v) is 9.41. The summed E-state index contributed by atoms with van der Waals surface area (Å²) in [5, 5.41) is 6.72. The molecule has 0 radical (unpaired) electrons. The first kappa shape index (κ1) is 18.2. The van der Waals surface area contributed by atoms with Crippen LogP contribution in [0.15, 0.2) is 10.4 Å². The van der Waals surface area contributed by atoms with Crippen LogP contribution in [0.2, 0.25) is 0 Å². The zero-order valence-electron chi connectivity index (χ0n) is 15.2. The van der Waals surface area contributed by atoms with Crippen LogP contribution in [0.5, 0.6) is 0 Å². The monoisotopic (exact) mass is 337 g/mol. The highest BCUT2D eigenvalue weighted by Gasteiger charge is 2.21. The molecule has 1 aliphatic heterocycles. The zero-order valence-corrected chi connectivity index (χ0v) is 16.0. The predicted molar refractivity (Wildman–Crippen MR) is 99.1 cm³/mol. The van der Waals surface area contributed by atoms with E-state index in [1.807, 2.05) is 14.0 Å². The number of thiazole rings is 1. The van der Waals surface area contributed by atoms with Crippen molar-refractivity contribution in [2.75, 3.05) is 40.3 Å². The molecule has 1 saturated heterocycles. The van der Waals surface area contributed by atoms with Crippen molar-refractivity contribution in [2.45, 2.75) is 33.7 Å². The fourth-order valence-corrected chi connectivity index (χ4v) is 4.09. The maximum atomic E-state index is 4.52. The fraction of sp³-hybridized carbons (Fsp3) is 0.765. The van der Waals surface area contributed by atoms with E-state index in [9.17, 15) is 0 Å². The second kappa shape index (κ2) is 8.64. The van der Waals surface area contributed by atoms with Crippen LogP contribution >= 0.6 is 11.3 Å². The van der Waals surface area contributed by atoms with Crippen molar-refractivity contribution < 1.29 is 0 Å². The molecule has 5 nitrogen and oxygen atoms in total. The van der Waals surface area contributed by atoms with E-state index in [2.05, 4.69) is 51.4 Å². The lowest BCUT2D eigenvalue weighted by molar-refractivity contribution is 0.143. The van der Waals surface area contributed by atoms with E-state index in [-0.39, 0.29) is 0 Å². The summed E-state index contributed by atoms with van der Waals surface area (Å²) in [6.07, 6.45) is 1.36. The molecular weight excluding hydrogens is 306 g/mol. The van der Waals surface area contributed by atoms with Gasteiger partial charge in [0.15, 0.2) is 5.96 Å². The molecule has 0 aliphatic carbocycles. The van der Waals surface area contributed by atoms with Crippen LogP contribution in [0.4, 0.5) is 0 Å². The standard InChI is InChI=1S/C17H31N5S/c1-13-8-14(2)10-22(9-13)7-6-19-17(18-4)21(5)11-16-12-23-15(3)20-16/h12-14H,6-11H2,1-5H3,(H,18,19). The number of piperidine rings is 1. The molecule has 1 N–H and O–H groups in total. The molecule has 1 aromatic rings. The Morgan fingerprint density at radius 3 is 2.70 bits per heavy atom. The van der Waals surface area contributed by atoms with Crippen molar-refractivity contribution in [3.8, 4) is 0 Å². The molecule has 2 unspecified atom stereocenters. The van der Waals surface area contributed by atoms with Gasteiger partial charge in [-0.1, -0.05) is 13.8 Å². The lowest BCUT2D eigenvalue weighted by Crippen LogP contribution is -2.45. The van der Waals surface area contributed by atoms with E-state index in [0.717, 1.165) is 48.1 Å². The third kappa shape index (κ3) is 5.77. The molecule has 2 heterocycles. The van der Waals surface area contributed by atoms with Gasteiger partial charge in [-0.3, -0.25) is 4.99 Å². The number of hydrogen-bond donors (Lipinski definition) is 1. The number of aryl methyl sites for hydroxylation is 1. The van der Waals surface area contributed by atoms with Crippen molar-refractivity contribution in [1.29, 1.82) is 0 Å². The van der Waals surface area contributed by atoms with Crippen LogP contribution in [0, 0.1) is 18.8 Å². The van der Waals surface area contributed by atoms with Crippen LogP contribution in [-0.4, -0.2) is 61.0 Å². The average Bonchev–Trinajstić information content (AvgIpc) is 2.87. The van der Waals surface area contributed by atoms with E-state index < -0.39 is 0 Å². The number of likely N-dealkylation sites (tertiary alicyclic amines) is 1. The molecule has 0 spiro atoms. The topological polar surface area (TPSA) is 43.8 Å². The summed E-state index contributed by atoms with van der Waals surface area (Å²) in [7, 11) is 3.91. The van der Waals surface area contributed by atoms with Crippen LogP contribution in [0.25, 0.3) is 0 Å². The van der Waals surface area contributed by atoms with Gasteiger partial charge in [-0.15, -0.1) is 11.3 Å². The summed E-state index contributed by atoms with van der Waals surface area (Å²) >= 11 is 1.70. The lowest BCUT2D eigenvalue weighted by atomic mass is 9.92. The minimum atomic E-state index is 0.793. The zero-order chi connectivity index (χ0) is 16.8. The van der Waals surface area contributed by atoms with Gasteiger partial charge in [0.05, 0.1) is 17.2 Å². The fourth-order valence-electron chi connectivity index (χ4n) is 3.48. The Kier molecular flexibility index (Phi) is 6.84. The van der Waals surface area contributed by atoms with Crippen molar-refractivity contribution in [3.63, 3.8) is 0 Å². The number of nitrogens with zero attached hydrogens (tertiary/aromatic N) is 4. The Morgan fingerprint density at radius 1 is 1.43 bits per heavy atom. The van der Waals surface area contributed by atoms with Crippen molar-refractivity contribution >= 4 is 17.3 Å². The van der Waals surface area contributed by atoms with Crippen LogP contribution in [-0.2, 0) is 6.54 Å². The number of aromatic nitrogens is 1. The summed E-state index contributed by atoms with van der Waals surface area (Å²) in [6, 6.07) is 0. The number of rotatable bonds is 5. The van der Waals surface area contributed by atoms with Gasteiger partial charge in [-0.25, -0.2) is 4.98 Å². The van der Waals surface area contributed by atoms with Gasteiger partial charge in [-0.05, 0) is 25.2 Å². The normalized spacial score (nSPS) is 23.1. The van der Waals surface area contributed by atoms with Gasteiger partial charge in [0, 0.05) is 45.7 Å². The number of nitrogens with one attached hydrogen (secondary N) is 1. The Hall–Kier alpha value is -1.14. The van der Waals surface area contributed by atoms with Crippen molar-refractivity contribution in [2.24, 2.45) is 16.8 Å². The Bertz CT molecular complexity index is 503. The van der Waals surface area contributed by atoms with Gasteiger partial charge >= 0.3 is 0 Å². The third-order valence-corrected chi connectivity index (χ3v) is 5.12.